The number of nitrogens with two attached hydrogens (primary N) is 1. The zero-order valence-corrected chi connectivity index (χ0v) is 11.1. The summed E-state index contributed by atoms with van der Waals surface area (Å²) in [5.41, 5.74) is 6.26. The molecule has 0 radical (unpaired) electrons. The highest BCUT2D eigenvalue weighted by Gasteiger charge is 2.24. The minimum Gasteiger partial charge on any atom is -0.351 e. The van der Waals surface area contributed by atoms with E-state index in [4.69, 9.17) is 5.73 Å². The summed E-state index contributed by atoms with van der Waals surface area (Å²) < 4.78 is 0. The van der Waals surface area contributed by atoms with Gasteiger partial charge in [0.25, 0.3) is 0 Å². The van der Waals surface area contributed by atoms with Crippen LogP contribution < -0.4 is 11.1 Å². The van der Waals surface area contributed by atoms with Crippen LogP contribution in [0.5, 0.6) is 0 Å². The lowest BCUT2D eigenvalue weighted by Crippen LogP contribution is -2.39. The van der Waals surface area contributed by atoms with E-state index in [1.165, 1.54) is 10.4 Å². The van der Waals surface area contributed by atoms with Gasteiger partial charge < -0.3 is 5.73 Å². The third-order valence-electron chi connectivity index (χ3n) is 3.29. The lowest BCUT2D eigenvalue weighted by atomic mass is 10.0. The van der Waals surface area contributed by atoms with Crippen molar-refractivity contribution < 1.29 is 9.59 Å². The van der Waals surface area contributed by atoms with E-state index < -0.39 is 6.03 Å². The number of amides is 3. The van der Waals surface area contributed by atoms with Crippen molar-refractivity contribution in [1.82, 2.24) is 10.2 Å². The van der Waals surface area contributed by atoms with Gasteiger partial charge in [0.2, 0.25) is 5.91 Å². The largest absolute Gasteiger partial charge is 0.351 e. The van der Waals surface area contributed by atoms with E-state index in [1.54, 1.807) is 11.3 Å². The van der Waals surface area contributed by atoms with Gasteiger partial charge in [-0.2, -0.15) is 0 Å². The topological polar surface area (TPSA) is 75.4 Å². The first kappa shape index (κ1) is 13.0. The number of carbonyl (C=O) groups excluding carboxylic acids is 2. The summed E-state index contributed by atoms with van der Waals surface area (Å²) >= 11 is 1.80. The van der Waals surface area contributed by atoms with E-state index in [2.05, 4.69) is 28.6 Å². The van der Waals surface area contributed by atoms with Gasteiger partial charge in [-0.3, -0.25) is 15.0 Å². The lowest BCUT2D eigenvalue weighted by Gasteiger charge is -2.33. The Labute approximate surface area is 110 Å². The van der Waals surface area contributed by atoms with Crippen LogP contribution in [0.15, 0.2) is 11.4 Å². The quantitative estimate of drug-likeness (QED) is 0.865. The number of hydrogen-bond donors (Lipinski definition) is 2. The molecule has 3 N–H and O–H groups in total. The van der Waals surface area contributed by atoms with Crippen LogP contribution in [0.4, 0.5) is 4.79 Å². The Kier molecular flexibility index (Phi) is 3.98. The van der Waals surface area contributed by atoms with E-state index >= 15 is 0 Å². The van der Waals surface area contributed by atoms with Crippen LogP contribution in [-0.2, 0) is 11.2 Å². The molecule has 1 atom stereocenters. The maximum absolute atomic E-state index is 11.4. The fourth-order valence-corrected chi connectivity index (χ4v) is 3.27. The van der Waals surface area contributed by atoms with Crippen molar-refractivity contribution in [2.45, 2.75) is 25.8 Å². The van der Waals surface area contributed by atoms with Gasteiger partial charge in [0, 0.05) is 30.4 Å². The van der Waals surface area contributed by atoms with Crippen LogP contribution in [0.2, 0.25) is 0 Å². The molecule has 0 saturated heterocycles. The minimum atomic E-state index is -0.785. The molecule has 1 aliphatic heterocycles. The highest BCUT2D eigenvalue weighted by atomic mass is 32.1. The molecule has 0 fully saturated rings. The average Bonchev–Trinajstić information content (AvgIpc) is 2.76. The van der Waals surface area contributed by atoms with Gasteiger partial charge in [-0.05, 0) is 30.4 Å². The molecule has 0 aliphatic carbocycles. The Morgan fingerprint density at radius 2 is 2.39 bits per heavy atom. The average molecular weight is 267 g/mol. The van der Waals surface area contributed by atoms with Gasteiger partial charge in [-0.15, -0.1) is 11.3 Å². The Balaban J connectivity index is 1.88. The molecule has 3 amide bonds. The summed E-state index contributed by atoms with van der Waals surface area (Å²) in [6.45, 7) is 3.75. The Bertz CT molecular complexity index is 458. The van der Waals surface area contributed by atoms with Gasteiger partial charge >= 0.3 is 6.03 Å². The zero-order valence-electron chi connectivity index (χ0n) is 10.3. The number of nitrogens with zero attached hydrogens (tertiary/aromatic N) is 1. The third-order valence-corrected chi connectivity index (χ3v) is 4.29. The maximum Gasteiger partial charge on any atom is 0.318 e. The van der Waals surface area contributed by atoms with E-state index in [0.717, 1.165) is 13.0 Å². The number of urea groups is 1. The van der Waals surface area contributed by atoms with Crippen LogP contribution in [0, 0.1) is 0 Å². The number of fused-ring (bicyclic) bond motifs is 1. The van der Waals surface area contributed by atoms with Crippen LogP contribution in [0.25, 0.3) is 0 Å². The second-order valence-electron chi connectivity index (χ2n) is 4.42. The molecule has 0 spiro atoms. The predicted octanol–water partition coefficient (Wildman–Crippen LogP) is 1.25. The number of primary amides is 1. The molecule has 2 rings (SSSR count). The van der Waals surface area contributed by atoms with Gasteiger partial charge in [0.15, 0.2) is 0 Å². The molecule has 6 heteroatoms. The van der Waals surface area contributed by atoms with Gasteiger partial charge in [-0.25, -0.2) is 4.79 Å². The number of imide groups is 1. The van der Waals surface area contributed by atoms with E-state index in [0.29, 0.717) is 19.0 Å². The second kappa shape index (κ2) is 5.49. The minimum absolute atomic E-state index is 0.298. The monoisotopic (exact) mass is 267 g/mol. The number of nitrogens with one attached hydrogen (secondary N) is 1. The Morgan fingerprint density at radius 1 is 1.61 bits per heavy atom. The van der Waals surface area contributed by atoms with Crippen molar-refractivity contribution in [3.63, 3.8) is 0 Å². The first-order valence-electron chi connectivity index (χ1n) is 5.97. The van der Waals surface area contributed by atoms with E-state index in [-0.39, 0.29) is 5.91 Å². The van der Waals surface area contributed by atoms with Gasteiger partial charge in [0.05, 0.1) is 0 Å². The van der Waals surface area contributed by atoms with Crippen molar-refractivity contribution in [3.05, 3.63) is 21.9 Å². The smallest absolute Gasteiger partial charge is 0.318 e. The third kappa shape index (κ3) is 2.88. The van der Waals surface area contributed by atoms with Crippen LogP contribution in [0.1, 0.15) is 29.8 Å². The second-order valence-corrected chi connectivity index (χ2v) is 5.42. The number of hydrogen-bond acceptors (Lipinski definition) is 4. The summed E-state index contributed by atoms with van der Waals surface area (Å²) in [4.78, 5) is 25.6. The van der Waals surface area contributed by atoms with Crippen molar-refractivity contribution >= 4 is 23.3 Å². The maximum atomic E-state index is 11.4. The molecule has 1 aromatic rings. The SMILES string of the molecule is CC1c2ccsc2CCN1CCC(=O)NC(N)=O. The molecular formula is C12H17N3O2S. The van der Waals surface area contributed by atoms with Gasteiger partial charge in [-0.1, -0.05) is 0 Å². The molecule has 18 heavy (non-hydrogen) atoms. The summed E-state index contributed by atoms with van der Waals surface area (Å²) in [6.07, 6.45) is 1.33. The molecular weight excluding hydrogens is 250 g/mol. The normalized spacial score (nSPS) is 19.3. The molecule has 98 valence electrons. The first-order chi connectivity index (χ1) is 8.58. The van der Waals surface area contributed by atoms with Crippen molar-refractivity contribution in [1.29, 1.82) is 0 Å². The fourth-order valence-electron chi connectivity index (χ4n) is 2.31. The van der Waals surface area contributed by atoms with Crippen molar-refractivity contribution in [3.8, 4) is 0 Å². The fraction of sp³-hybridized carbons (Fsp3) is 0.500. The molecule has 0 aromatic carbocycles. The molecule has 1 aliphatic rings. The number of thiophene rings is 1. The number of rotatable bonds is 3. The van der Waals surface area contributed by atoms with Crippen LogP contribution >= 0.6 is 11.3 Å². The molecule has 0 saturated carbocycles. The summed E-state index contributed by atoms with van der Waals surface area (Å²) in [5, 5.41) is 4.20. The molecule has 2 heterocycles. The summed E-state index contributed by atoms with van der Waals surface area (Å²) in [6, 6.07) is 1.70. The van der Waals surface area contributed by atoms with E-state index in [1.807, 2.05) is 0 Å². The predicted molar refractivity (Wildman–Crippen MR) is 70.4 cm³/mol. The zero-order chi connectivity index (χ0) is 13.1. The number of carbonyl (C=O) groups is 2. The van der Waals surface area contributed by atoms with Gasteiger partial charge in [0.1, 0.15) is 0 Å². The molecule has 1 aromatic heterocycles. The molecule has 1 unspecified atom stereocenters. The summed E-state index contributed by atoms with van der Waals surface area (Å²) in [7, 11) is 0. The standard InChI is InChI=1S/C12H17N3O2S/c1-8-9-4-7-18-10(9)2-5-15(8)6-3-11(16)14-12(13)17/h4,7-8H,2-3,5-6H2,1H3,(H3,13,14,16,17). The van der Waals surface area contributed by atoms with Crippen molar-refractivity contribution in [2.24, 2.45) is 5.73 Å². The highest BCUT2D eigenvalue weighted by Crippen LogP contribution is 2.32. The van der Waals surface area contributed by atoms with Crippen LogP contribution in [-0.4, -0.2) is 29.9 Å². The Morgan fingerprint density at radius 3 is 3.11 bits per heavy atom. The van der Waals surface area contributed by atoms with E-state index in [9.17, 15) is 9.59 Å². The Hall–Kier alpha value is -1.40. The van der Waals surface area contributed by atoms with Crippen LogP contribution in [0.3, 0.4) is 0 Å². The van der Waals surface area contributed by atoms with Crippen molar-refractivity contribution in [2.75, 3.05) is 13.1 Å². The summed E-state index contributed by atoms with van der Waals surface area (Å²) in [5.74, 6) is -0.314. The first-order valence-corrected chi connectivity index (χ1v) is 6.85. The highest BCUT2D eigenvalue weighted by molar-refractivity contribution is 7.10. The lowest BCUT2D eigenvalue weighted by molar-refractivity contribution is -0.120. The molecule has 5 nitrogen and oxygen atoms in total. The molecule has 0 bridgehead atoms.